The first kappa shape index (κ1) is 17.3. The fourth-order valence-corrected chi connectivity index (χ4v) is 4.54. The molecule has 0 aromatic carbocycles. The molecular formula is C15H20N4O3S2. The van der Waals surface area contributed by atoms with Gasteiger partial charge in [-0.25, -0.2) is 18.4 Å². The molecule has 2 aromatic heterocycles. The molecule has 130 valence electrons. The van der Waals surface area contributed by atoms with Crippen molar-refractivity contribution in [2.24, 2.45) is 0 Å². The molecule has 0 spiro atoms. The van der Waals surface area contributed by atoms with Gasteiger partial charge in [-0.2, -0.15) is 4.31 Å². The van der Waals surface area contributed by atoms with Crippen molar-refractivity contribution in [3.8, 4) is 0 Å². The molecule has 1 aliphatic heterocycles. The molecule has 3 heterocycles. The summed E-state index contributed by atoms with van der Waals surface area (Å²) in [5.41, 5.74) is 0. The van der Waals surface area contributed by atoms with Crippen molar-refractivity contribution in [2.45, 2.75) is 24.8 Å². The number of aromatic nitrogens is 2. The molecule has 1 fully saturated rings. The second-order valence-electron chi connectivity index (χ2n) is 5.57. The van der Waals surface area contributed by atoms with Crippen LogP contribution in [0, 0.1) is 6.92 Å². The molecule has 9 heteroatoms. The molecule has 2 aromatic rings. The third kappa shape index (κ3) is 3.75. The van der Waals surface area contributed by atoms with Gasteiger partial charge >= 0.3 is 0 Å². The van der Waals surface area contributed by atoms with E-state index in [0.717, 1.165) is 9.88 Å². The van der Waals surface area contributed by atoms with Crippen molar-refractivity contribution in [3.05, 3.63) is 34.4 Å². The zero-order valence-corrected chi connectivity index (χ0v) is 15.2. The second-order valence-corrected chi connectivity index (χ2v) is 8.78. The zero-order chi connectivity index (χ0) is 17.2. The van der Waals surface area contributed by atoms with Crippen LogP contribution in [0.1, 0.15) is 22.9 Å². The molecule has 0 amide bonds. The largest absolute Gasteiger partial charge is 0.379 e. The van der Waals surface area contributed by atoms with Crippen LogP contribution in [0.25, 0.3) is 0 Å². The highest BCUT2D eigenvalue weighted by molar-refractivity contribution is 7.89. The van der Waals surface area contributed by atoms with E-state index in [9.17, 15) is 8.42 Å². The van der Waals surface area contributed by atoms with Crippen LogP contribution in [-0.2, 0) is 14.8 Å². The lowest BCUT2D eigenvalue weighted by atomic mass is 10.3. The fourth-order valence-electron chi connectivity index (χ4n) is 2.41. The molecule has 0 bridgehead atoms. The average Bonchev–Trinajstić information content (AvgIpc) is 3.03. The lowest BCUT2D eigenvalue weighted by Crippen LogP contribution is -2.40. The minimum absolute atomic E-state index is 0.0119. The van der Waals surface area contributed by atoms with E-state index in [0.29, 0.717) is 32.1 Å². The fraction of sp³-hybridized carbons (Fsp3) is 0.467. The Labute approximate surface area is 145 Å². The number of hydrogen-bond donors (Lipinski definition) is 1. The Bertz CT molecular complexity index is 783. The summed E-state index contributed by atoms with van der Waals surface area (Å²) >= 11 is 1.63. The summed E-state index contributed by atoms with van der Waals surface area (Å²) in [6.07, 6.45) is 3.23. The maximum atomic E-state index is 12.5. The zero-order valence-electron chi connectivity index (χ0n) is 13.6. The van der Waals surface area contributed by atoms with Crippen molar-refractivity contribution in [1.82, 2.24) is 14.3 Å². The number of nitrogens with zero attached hydrogens (tertiary/aromatic N) is 3. The SMILES string of the molecule is Cc1cnc(C(C)Nc2ccc(S(=O)(=O)N3CCOCC3)cn2)s1. The first-order valence-corrected chi connectivity index (χ1v) is 9.95. The van der Waals surface area contributed by atoms with Gasteiger partial charge in [0.15, 0.2) is 0 Å². The second kappa shape index (κ2) is 7.14. The molecule has 1 unspecified atom stereocenters. The molecule has 1 atom stereocenters. The van der Waals surface area contributed by atoms with Crippen molar-refractivity contribution in [2.75, 3.05) is 31.6 Å². The van der Waals surface area contributed by atoms with Crippen LogP contribution in [0.2, 0.25) is 0 Å². The number of rotatable bonds is 5. The van der Waals surface area contributed by atoms with Gasteiger partial charge in [0.25, 0.3) is 0 Å². The van der Waals surface area contributed by atoms with Gasteiger partial charge in [0, 0.05) is 30.4 Å². The van der Waals surface area contributed by atoms with Gasteiger partial charge in [0.05, 0.1) is 19.3 Å². The predicted molar refractivity (Wildman–Crippen MR) is 92.7 cm³/mol. The molecule has 24 heavy (non-hydrogen) atoms. The molecule has 0 aliphatic carbocycles. The number of nitrogens with one attached hydrogen (secondary N) is 1. The molecule has 0 radical (unpaired) electrons. The van der Waals surface area contributed by atoms with Crippen molar-refractivity contribution >= 4 is 27.2 Å². The van der Waals surface area contributed by atoms with Crippen LogP contribution < -0.4 is 5.32 Å². The van der Waals surface area contributed by atoms with Crippen molar-refractivity contribution < 1.29 is 13.2 Å². The number of morpholine rings is 1. The molecule has 1 N–H and O–H groups in total. The summed E-state index contributed by atoms with van der Waals surface area (Å²) in [6, 6.07) is 3.28. The van der Waals surface area contributed by atoms with E-state index >= 15 is 0 Å². The van der Waals surface area contributed by atoms with Crippen LogP contribution >= 0.6 is 11.3 Å². The van der Waals surface area contributed by atoms with Gasteiger partial charge in [0.1, 0.15) is 15.7 Å². The Balaban J connectivity index is 1.71. The number of hydrogen-bond acceptors (Lipinski definition) is 7. The van der Waals surface area contributed by atoms with Gasteiger partial charge in [-0.3, -0.25) is 0 Å². The minimum atomic E-state index is -3.50. The Hall–Kier alpha value is -1.55. The summed E-state index contributed by atoms with van der Waals surface area (Å²) < 4.78 is 31.7. The van der Waals surface area contributed by atoms with Crippen LogP contribution in [0.4, 0.5) is 5.82 Å². The number of pyridine rings is 1. The molecule has 3 rings (SSSR count). The van der Waals surface area contributed by atoms with Gasteiger partial charge in [-0.15, -0.1) is 11.3 Å². The minimum Gasteiger partial charge on any atom is -0.379 e. The Morgan fingerprint density at radius 2 is 2.00 bits per heavy atom. The topological polar surface area (TPSA) is 84.4 Å². The van der Waals surface area contributed by atoms with Crippen LogP contribution in [0.15, 0.2) is 29.4 Å². The summed E-state index contributed by atoms with van der Waals surface area (Å²) in [4.78, 5) is 9.94. The van der Waals surface area contributed by atoms with E-state index in [2.05, 4.69) is 15.3 Å². The van der Waals surface area contributed by atoms with E-state index in [1.54, 1.807) is 23.5 Å². The number of anilines is 1. The highest BCUT2D eigenvalue weighted by Crippen LogP contribution is 2.23. The monoisotopic (exact) mass is 368 g/mol. The van der Waals surface area contributed by atoms with Crippen LogP contribution in [0.5, 0.6) is 0 Å². The third-order valence-electron chi connectivity index (χ3n) is 3.72. The van der Waals surface area contributed by atoms with Gasteiger partial charge in [-0.1, -0.05) is 0 Å². The Morgan fingerprint density at radius 1 is 1.25 bits per heavy atom. The van der Waals surface area contributed by atoms with Gasteiger partial charge < -0.3 is 10.1 Å². The van der Waals surface area contributed by atoms with E-state index < -0.39 is 10.0 Å². The summed E-state index contributed by atoms with van der Waals surface area (Å²) in [7, 11) is -3.50. The average molecular weight is 368 g/mol. The van der Waals surface area contributed by atoms with E-state index in [-0.39, 0.29) is 10.9 Å². The maximum Gasteiger partial charge on any atom is 0.244 e. The van der Waals surface area contributed by atoms with E-state index in [4.69, 9.17) is 4.74 Å². The normalized spacial score (nSPS) is 17.6. The summed E-state index contributed by atoms with van der Waals surface area (Å²) in [6.45, 7) is 5.62. The van der Waals surface area contributed by atoms with Crippen molar-refractivity contribution in [3.63, 3.8) is 0 Å². The van der Waals surface area contributed by atoms with E-state index in [1.165, 1.54) is 10.5 Å². The number of sulfonamides is 1. The lowest BCUT2D eigenvalue weighted by Gasteiger charge is -2.25. The first-order valence-electron chi connectivity index (χ1n) is 7.69. The standard InChI is InChI=1S/C15H20N4O3S2/c1-11-9-17-15(23-11)12(2)18-14-4-3-13(10-16-14)24(20,21)19-5-7-22-8-6-19/h3-4,9-10,12H,5-8H2,1-2H3,(H,16,18). The first-order chi connectivity index (χ1) is 11.5. The Kier molecular flexibility index (Phi) is 5.14. The Morgan fingerprint density at radius 3 is 2.58 bits per heavy atom. The summed E-state index contributed by atoms with van der Waals surface area (Å²) in [5, 5.41) is 4.21. The summed E-state index contributed by atoms with van der Waals surface area (Å²) in [5.74, 6) is 0.622. The van der Waals surface area contributed by atoms with Crippen LogP contribution in [0.3, 0.4) is 0 Å². The number of ether oxygens (including phenoxy) is 1. The maximum absolute atomic E-state index is 12.5. The molecular weight excluding hydrogens is 348 g/mol. The smallest absolute Gasteiger partial charge is 0.244 e. The highest BCUT2D eigenvalue weighted by atomic mass is 32.2. The molecule has 7 nitrogen and oxygen atoms in total. The number of aryl methyl sites for hydroxylation is 1. The molecule has 1 aliphatic rings. The van der Waals surface area contributed by atoms with Crippen LogP contribution in [-0.4, -0.2) is 49.0 Å². The van der Waals surface area contributed by atoms with Gasteiger partial charge in [-0.05, 0) is 26.0 Å². The van der Waals surface area contributed by atoms with Crippen molar-refractivity contribution in [1.29, 1.82) is 0 Å². The molecule has 1 saturated heterocycles. The predicted octanol–water partition coefficient (Wildman–Crippen LogP) is 2.04. The molecule has 0 saturated carbocycles. The van der Waals surface area contributed by atoms with E-state index in [1.807, 2.05) is 20.0 Å². The quantitative estimate of drug-likeness (QED) is 0.869. The highest BCUT2D eigenvalue weighted by Gasteiger charge is 2.26. The third-order valence-corrected chi connectivity index (χ3v) is 6.70. The van der Waals surface area contributed by atoms with Gasteiger partial charge in [0.2, 0.25) is 10.0 Å². The lowest BCUT2D eigenvalue weighted by molar-refractivity contribution is 0.0730. The number of thiazole rings is 1.